The van der Waals surface area contributed by atoms with Gasteiger partial charge in [-0.3, -0.25) is 4.99 Å². The molecule has 0 amide bonds. The van der Waals surface area contributed by atoms with Crippen LogP contribution in [0.25, 0.3) is 0 Å². The number of aromatic nitrogens is 1. The van der Waals surface area contributed by atoms with Crippen molar-refractivity contribution in [2.45, 2.75) is 12.8 Å². The highest BCUT2D eigenvalue weighted by molar-refractivity contribution is 6.31. The van der Waals surface area contributed by atoms with Crippen LogP contribution in [0.1, 0.15) is 11.1 Å². The van der Waals surface area contributed by atoms with E-state index in [2.05, 4.69) is 20.6 Å². The molecule has 0 aliphatic carbocycles. The van der Waals surface area contributed by atoms with E-state index in [-0.39, 0.29) is 5.82 Å². The topological polar surface area (TPSA) is 49.3 Å². The van der Waals surface area contributed by atoms with Gasteiger partial charge in [-0.1, -0.05) is 35.3 Å². The van der Waals surface area contributed by atoms with E-state index in [4.69, 9.17) is 23.2 Å². The van der Waals surface area contributed by atoms with Crippen LogP contribution in [0.15, 0.2) is 41.5 Å². The summed E-state index contributed by atoms with van der Waals surface area (Å²) >= 11 is 11.8. The molecule has 0 aliphatic rings. The molecule has 0 saturated carbocycles. The number of hydrogen-bond donors (Lipinski definition) is 2. The fourth-order valence-electron chi connectivity index (χ4n) is 2.18. The zero-order valence-corrected chi connectivity index (χ0v) is 14.8. The van der Waals surface area contributed by atoms with Crippen LogP contribution in [0, 0.1) is 5.82 Å². The molecule has 0 saturated heterocycles. The van der Waals surface area contributed by atoms with Crippen molar-refractivity contribution in [3.63, 3.8) is 0 Å². The summed E-state index contributed by atoms with van der Waals surface area (Å²) in [4.78, 5) is 8.18. The van der Waals surface area contributed by atoms with Crippen LogP contribution in [-0.2, 0) is 12.8 Å². The van der Waals surface area contributed by atoms with Crippen molar-refractivity contribution in [1.82, 2.24) is 15.6 Å². The molecule has 2 aromatic rings. The fraction of sp³-hybridized carbons (Fsp3) is 0.294. The highest BCUT2D eigenvalue weighted by Gasteiger charge is 2.06. The maximum atomic E-state index is 13.7. The Balaban J connectivity index is 1.75. The van der Waals surface area contributed by atoms with Gasteiger partial charge in [-0.15, -0.1) is 0 Å². The van der Waals surface area contributed by atoms with E-state index < -0.39 is 0 Å². The molecule has 0 radical (unpaired) electrons. The van der Waals surface area contributed by atoms with E-state index in [0.717, 1.165) is 12.0 Å². The molecule has 1 heterocycles. The van der Waals surface area contributed by atoms with Gasteiger partial charge in [-0.2, -0.15) is 0 Å². The molecule has 128 valence electrons. The van der Waals surface area contributed by atoms with Gasteiger partial charge in [-0.25, -0.2) is 9.37 Å². The first-order valence-corrected chi connectivity index (χ1v) is 8.33. The van der Waals surface area contributed by atoms with Crippen molar-refractivity contribution in [2.75, 3.05) is 20.1 Å². The third-order valence-electron chi connectivity index (χ3n) is 3.45. The van der Waals surface area contributed by atoms with E-state index in [1.54, 1.807) is 31.4 Å². The zero-order valence-electron chi connectivity index (χ0n) is 13.3. The van der Waals surface area contributed by atoms with E-state index in [1.165, 1.54) is 6.07 Å². The number of nitrogens with one attached hydrogen (secondary N) is 2. The largest absolute Gasteiger partial charge is 0.356 e. The van der Waals surface area contributed by atoms with Gasteiger partial charge >= 0.3 is 0 Å². The van der Waals surface area contributed by atoms with Gasteiger partial charge in [0.15, 0.2) is 5.96 Å². The lowest BCUT2D eigenvalue weighted by Crippen LogP contribution is -2.39. The van der Waals surface area contributed by atoms with Gasteiger partial charge in [0.25, 0.3) is 0 Å². The highest BCUT2D eigenvalue weighted by Crippen LogP contribution is 2.18. The maximum Gasteiger partial charge on any atom is 0.190 e. The molecule has 2 rings (SSSR count). The minimum Gasteiger partial charge on any atom is -0.356 e. The van der Waals surface area contributed by atoms with Crippen LogP contribution >= 0.6 is 23.2 Å². The SMILES string of the molecule is CN=C(NCCc1ccc(Cl)nc1)NCCc1c(F)cccc1Cl. The smallest absolute Gasteiger partial charge is 0.190 e. The molecule has 0 atom stereocenters. The first kappa shape index (κ1) is 18.5. The molecule has 24 heavy (non-hydrogen) atoms. The highest BCUT2D eigenvalue weighted by atomic mass is 35.5. The lowest BCUT2D eigenvalue weighted by atomic mass is 10.1. The summed E-state index contributed by atoms with van der Waals surface area (Å²) in [6.07, 6.45) is 3.03. The Kier molecular flexibility index (Phi) is 7.28. The van der Waals surface area contributed by atoms with Gasteiger partial charge in [-0.05, 0) is 36.6 Å². The third kappa shape index (κ3) is 5.65. The molecular formula is C17H19Cl2FN4. The number of aliphatic imine (C=N–C) groups is 1. The Morgan fingerprint density at radius 3 is 2.50 bits per heavy atom. The average molecular weight is 369 g/mol. The van der Waals surface area contributed by atoms with Crippen LogP contribution in [0.2, 0.25) is 10.2 Å². The second kappa shape index (κ2) is 9.45. The normalized spacial score (nSPS) is 11.4. The van der Waals surface area contributed by atoms with Crippen LogP contribution in [0.4, 0.5) is 4.39 Å². The van der Waals surface area contributed by atoms with Gasteiger partial charge in [0.1, 0.15) is 11.0 Å². The first-order chi connectivity index (χ1) is 11.6. The molecule has 7 heteroatoms. The van der Waals surface area contributed by atoms with Crippen LogP contribution in [-0.4, -0.2) is 31.1 Å². The number of pyridine rings is 1. The zero-order chi connectivity index (χ0) is 17.4. The van der Waals surface area contributed by atoms with Crippen molar-refractivity contribution in [3.8, 4) is 0 Å². The lowest BCUT2D eigenvalue weighted by molar-refractivity contribution is 0.607. The minimum absolute atomic E-state index is 0.289. The molecule has 2 N–H and O–H groups in total. The Hall–Kier alpha value is -1.85. The van der Waals surface area contributed by atoms with Crippen molar-refractivity contribution >= 4 is 29.2 Å². The summed E-state index contributed by atoms with van der Waals surface area (Å²) in [7, 11) is 1.69. The van der Waals surface area contributed by atoms with Crippen LogP contribution < -0.4 is 10.6 Å². The van der Waals surface area contributed by atoms with Crippen molar-refractivity contribution in [2.24, 2.45) is 4.99 Å². The van der Waals surface area contributed by atoms with E-state index >= 15 is 0 Å². The lowest BCUT2D eigenvalue weighted by Gasteiger charge is -2.12. The number of hydrogen-bond acceptors (Lipinski definition) is 2. The second-order valence-corrected chi connectivity index (χ2v) is 5.91. The fourth-order valence-corrected chi connectivity index (χ4v) is 2.55. The standard InChI is InChI=1S/C17H19Cl2FN4/c1-21-17(22-9-7-12-5-6-16(19)24-11-12)23-10-8-13-14(18)3-2-4-15(13)20/h2-6,11H,7-10H2,1H3,(H2,21,22,23). The molecule has 0 fully saturated rings. The number of guanidine groups is 1. The number of halogens is 3. The Labute approximate surface area is 151 Å². The van der Waals surface area contributed by atoms with E-state index in [0.29, 0.717) is 41.2 Å². The van der Waals surface area contributed by atoms with Crippen molar-refractivity contribution in [1.29, 1.82) is 0 Å². The summed E-state index contributed by atoms with van der Waals surface area (Å²) in [5, 5.41) is 7.27. The van der Waals surface area contributed by atoms with Crippen LogP contribution in [0.5, 0.6) is 0 Å². The molecule has 1 aromatic heterocycles. The minimum atomic E-state index is -0.289. The van der Waals surface area contributed by atoms with Gasteiger partial charge in [0, 0.05) is 36.9 Å². The summed E-state index contributed by atoms with van der Waals surface area (Å²) in [6.45, 7) is 1.23. The monoisotopic (exact) mass is 368 g/mol. The van der Waals surface area contributed by atoms with Gasteiger partial charge < -0.3 is 10.6 Å². The second-order valence-electron chi connectivity index (χ2n) is 5.12. The quantitative estimate of drug-likeness (QED) is 0.466. The van der Waals surface area contributed by atoms with Crippen LogP contribution in [0.3, 0.4) is 0 Å². The summed E-state index contributed by atoms with van der Waals surface area (Å²) in [5.74, 6) is 0.367. The summed E-state index contributed by atoms with van der Waals surface area (Å²) in [6, 6.07) is 8.40. The first-order valence-electron chi connectivity index (χ1n) is 7.58. The molecule has 0 unspecified atom stereocenters. The van der Waals surface area contributed by atoms with Gasteiger partial charge in [0.2, 0.25) is 0 Å². The molecule has 0 spiro atoms. The Morgan fingerprint density at radius 2 is 1.88 bits per heavy atom. The molecular weight excluding hydrogens is 350 g/mol. The van der Waals surface area contributed by atoms with E-state index in [9.17, 15) is 4.39 Å². The van der Waals surface area contributed by atoms with Crippen molar-refractivity contribution < 1.29 is 4.39 Å². The summed E-state index contributed by atoms with van der Waals surface area (Å²) < 4.78 is 13.7. The molecule has 1 aromatic carbocycles. The predicted molar refractivity (Wildman–Crippen MR) is 97.4 cm³/mol. The molecule has 4 nitrogen and oxygen atoms in total. The third-order valence-corrected chi connectivity index (χ3v) is 4.03. The van der Waals surface area contributed by atoms with E-state index in [1.807, 2.05) is 6.07 Å². The molecule has 0 aliphatic heterocycles. The number of benzene rings is 1. The maximum absolute atomic E-state index is 13.7. The Bertz CT molecular complexity index is 669. The predicted octanol–water partition coefficient (Wildman–Crippen LogP) is 3.48. The van der Waals surface area contributed by atoms with Gasteiger partial charge in [0.05, 0.1) is 0 Å². The number of rotatable bonds is 6. The number of nitrogens with zero attached hydrogens (tertiary/aromatic N) is 2. The molecule has 0 bridgehead atoms. The Morgan fingerprint density at radius 1 is 1.12 bits per heavy atom. The average Bonchev–Trinajstić information content (AvgIpc) is 2.57. The summed E-state index contributed by atoms with van der Waals surface area (Å²) in [5.41, 5.74) is 1.59. The van der Waals surface area contributed by atoms with Crippen molar-refractivity contribution in [3.05, 3.63) is 63.6 Å².